The predicted octanol–water partition coefficient (Wildman–Crippen LogP) is 5.09. The quantitative estimate of drug-likeness (QED) is 0.630. The van der Waals surface area contributed by atoms with E-state index in [2.05, 4.69) is 52.6 Å². The molecular weight excluding hydrogens is 324 g/mol. The van der Waals surface area contributed by atoms with Crippen LogP contribution in [0.3, 0.4) is 0 Å². The van der Waals surface area contributed by atoms with Crippen molar-refractivity contribution < 1.29 is 4.79 Å². The van der Waals surface area contributed by atoms with Crippen LogP contribution >= 0.6 is 0 Å². The van der Waals surface area contributed by atoms with E-state index in [1.165, 1.54) is 11.1 Å². The second-order valence-electron chi connectivity index (χ2n) is 6.48. The molecule has 0 fully saturated rings. The van der Waals surface area contributed by atoms with E-state index in [-0.39, 0.29) is 5.78 Å². The average molecular weight is 346 g/mol. The van der Waals surface area contributed by atoms with Crippen LogP contribution in [0.15, 0.2) is 48.5 Å². The normalized spacial score (nSPS) is 10.5. The topological polar surface area (TPSA) is 66.9 Å². The molecule has 0 spiro atoms. The molecule has 0 atom stereocenters. The summed E-state index contributed by atoms with van der Waals surface area (Å²) < 4.78 is 0. The summed E-state index contributed by atoms with van der Waals surface area (Å²) in [6, 6.07) is 15.5. The second kappa shape index (κ2) is 7.35. The van der Waals surface area contributed by atoms with Crippen LogP contribution < -0.4 is 10.6 Å². The van der Waals surface area contributed by atoms with Crippen LogP contribution in [0.4, 0.5) is 23.1 Å². The monoisotopic (exact) mass is 346 g/mol. The van der Waals surface area contributed by atoms with Crippen molar-refractivity contribution in [2.45, 2.75) is 27.7 Å². The van der Waals surface area contributed by atoms with Gasteiger partial charge >= 0.3 is 0 Å². The molecule has 0 bridgehead atoms. The molecule has 2 aromatic carbocycles. The molecule has 26 heavy (non-hydrogen) atoms. The lowest BCUT2D eigenvalue weighted by molar-refractivity contribution is 0.101. The first-order chi connectivity index (χ1) is 12.4. The molecule has 2 N–H and O–H groups in total. The molecule has 0 amide bonds. The third-order valence-electron chi connectivity index (χ3n) is 3.87. The van der Waals surface area contributed by atoms with Gasteiger partial charge in [0.2, 0.25) is 5.95 Å². The Morgan fingerprint density at radius 1 is 0.846 bits per heavy atom. The molecule has 5 heteroatoms. The number of anilines is 4. The van der Waals surface area contributed by atoms with Crippen LogP contribution in [0.25, 0.3) is 0 Å². The van der Waals surface area contributed by atoms with Crippen LogP contribution in [-0.2, 0) is 0 Å². The minimum Gasteiger partial charge on any atom is -0.340 e. The van der Waals surface area contributed by atoms with E-state index >= 15 is 0 Å². The van der Waals surface area contributed by atoms with Crippen LogP contribution in [-0.4, -0.2) is 15.8 Å². The Kier molecular flexibility index (Phi) is 4.98. The van der Waals surface area contributed by atoms with Gasteiger partial charge in [-0.25, -0.2) is 4.98 Å². The number of benzene rings is 2. The minimum absolute atomic E-state index is 0.0241. The number of carbonyl (C=O) groups is 1. The number of carbonyl (C=O) groups excluding carboxylic acids is 1. The van der Waals surface area contributed by atoms with E-state index in [0.29, 0.717) is 17.3 Å². The number of rotatable bonds is 5. The van der Waals surface area contributed by atoms with E-state index in [1.807, 2.05) is 25.1 Å². The molecule has 132 valence electrons. The van der Waals surface area contributed by atoms with Crippen molar-refractivity contribution in [3.63, 3.8) is 0 Å². The Bertz CT molecular complexity index is 946. The lowest BCUT2D eigenvalue weighted by Crippen LogP contribution is -2.03. The van der Waals surface area contributed by atoms with E-state index in [1.54, 1.807) is 19.1 Å². The Balaban J connectivity index is 1.85. The molecule has 0 aliphatic heterocycles. The van der Waals surface area contributed by atoms with E-state index in [4.69, 9.17) is 0 Å². The highest BCUT2D eigenvalue weighted by atomic mass is 16.1. The second-order valence-corrected chi connectivity index (χ2v) is 6.48. The summed E-state index contributed by atoms with van der Waals surface area (Å²) in [6.07, 6.45) is 0. The molecule has 3 aromatic rings. The molecule has 0 aliphatic rings. The first-order valence-corrected chi connectivity index (χ1v) is 8.48. The number of aryl methyl sites for hydroxylation is 3. The number of Topliss-reactive ketones (excluding diaryl/α,β-unsaturated/α-hetero) is 1. The van der Waals surface area contributed by atoms with E-state index < -0.39 is 0 Å². The smallest absolute Gasteiger partial charge is 0.229 e. The van der Waals surface area contributed by atoms with Gasteiger partial charge in [0, 0.05) is 28.7 Å². The average Bonchev–Trinajstić information content (AvgIpc) is 2.53. The molecule has 1 heterocycles. The van der Waals surface area contributed by atoms with Gasteiger partial charge in [0.25, 0.3) is 0 Å². The number of aromatic nitrogens is 2. The fraction of sp³-hybridized carbons (Fsp3) is 0.190. The molecule has 3 rings (SSSR count). The van der Waals surface area contributed by atoms with Crippen molar-refractivity contribution in [2.75, 3.05) is 10.6 Å². The zero-order valence-electron chi connectivity index (χ0n) is 15.4. The van der Waals surface area contributed by atoms with Crippen molar-refractivity contribution in [1.29, 1.82) is 0 Å². The number of nitrogens with zero attached hydrogens (tertiary/aromatic N) is 2. The van der Waals surface area contributed by atoms with Gasteiger partial charge in [0.15, 0.2) is 5.78 Å². The summed E-state index contributed by atoms with van der Waals surface area (Å²) in [4.78, 5) is 20.5. The van der Waals surface area contributed by atoms with Gasteiger partial charge in [-0.2, -0.15) is 4.98 Å². The van der Waals surface area contributed by atoms with Crippen molar-refractivity contribution in [1.82, 2.24) is 9.97 Å². The number of hydrogen-bond acceptors (Lipinski definition) is 5. The van der Waals surface area contributed by atoms with Crippen molar-refractivity contribution >= 4 is 28.9 Å². The summed E-state index contributed by atoms with van der Waals surface area (Å²) in [5.41, 5.74) is 5.65. The molecule has 5 nitrogen and oxygen atoms in total. The SMILES string of the molecule is CC(=O)c1cccc(Nc2nc(C)cc(Nc3cc(C)cc(C)c3)n2)c1. The number of nitrogens with one attached hydrogen (secondary N) is 2. The summed E-state index contributed by atoms with van der Waals surface area (Å²) >= 11 is 0. The Morgan fingerprint density at radius 3 is 2.27 bits per heavy atom. The molecule has 0 saturated heterocycles. The van der Waals surface area contributed by atoms with E-state index in [9.17, 15) is 4.79 Å². The maximum absolute atomic E-state index is 11.5. The van der Waals surface area contributed by atoms with Crippen LogP contribution in [0.2, 0.25) is 0 Å². The minimum atomic E-state index is 0.0241. The Morgan fingerprint density at radius 2 is 1.58 bits per heavy atom. The fourth-order valence-electron chi connectivity index (χ4n) is 2.83. The van der Waals surface area contributed by atoms with Crippen LogP contribution in [0, 0.1) is 20.8 Å². The summed E-state index contributed by atoms with van der Waals surface area (Å²) in [6.45, 7) is 7.61. The highest BCUT2D eigenvalue weighted by Gasteiger charge is 2.06. The highest BCUT2D eigenvalue weighted by molar-refractivity contribution is 5.95. The summed E-state index contributed by atoms with van der Waals surface area (Å²) in [5.74, 6) is 1.22. The molecule has 0 radical (unpaired) electrons. The molecule has 0 unspecified atom stereocenters. The third kappa shape index (κ3) is 4.45. The Labute approximate surface area is 153 Å². The van der Waals surface area contributed by atoms with E-state index in [0.717, 1.165) is 17.1 Å². The molecule has 1 aromatic heterocycles. The van der Waals surface area contributed by atoms with Gasteiger partial charge in [-0.1, -0.05) is 18.2 Å². The van der Waals surface area contributed by atoms with Gasteiger partial charge < -0.3 is 10.6 Å². The summed E-state index contributed by atoms with van der Waals surface area (Å²) in [7, 11) is 0. The molecular formula is C21H22N4O. The largest absolute Gasteiger partial charge is 0.340 e. The first-order valence-electron chi connectivity index (χ1n) is 8.48. The number of ketones is 1. The lowest BCUT2D eigenvalue weighted by atomic mass is 10.1. The van der Waals surface area contributed by atoms with Crippen LogP contribution in [0.1, 0.15) is 34.1 Å². The van der Waals surface area contributed by atoms with Gasteiger partial charge in [-0.05, 0) is 63.1 Å². The van der Waals surface area contributed by atoms with Gasteiger partial charge in [-0.3, -0.25) is 4.79 Å². The van der Waals surface area contributed by atoms with Gasteiger partial charge in [-0.15, -0.1) is 0 Å². The van der Waals surface area contributed by atoms with Gasteiger partial charge in [0.1, 0.15) is 5.82 Å². The third-order valence-corrected chi connectivity index (χ3v) is 3.87. The van der Waals surface area contributed by atoms with Crippen molar-refractivity contribution in [3.8, 4) is 0 Å². The molecule has 0 saturated carbocycles. The fourth-order valence-corrected chi connectivity index (χ4v) is 2.83. The standard InChI is InChI=1S/C21H22N4O/c1-13-8-14(2)10-19(9-13)23-20-11-15(3)22-21(25-20)24-18-7-5-6-17(12-18)16(4)26/h5-12H,1-4H3,(H2,22,23,24,25). The zero-order chi connectivity index (χ0) is 18.7. The van der Waals surface area contributed by atoms with Crippen LogP contribution in [0.5, 0.6) is 0 Å². The zero-order valence-corrected chi connectivity index (χ0v) is 15.4. The predicted molar refractivity (Wildman–Crippen MR) is 106 cm³/mol. The summed E-state index contributed by atoms with van der Waals surface area (Å²) in [5, 5.41) is 6.51. The maximum atomic E-state index is 11.5. The van der Waals surface area contributed by atoms with Gasteiger partial charge in [0.05, 0.1) is 0 Å². The Hall–Kier alpha value is -3.21. The van der Waals surface area contributed by atoms with Crippen molar-refractivity contribution in [3.05, 3.63) is 70.9 Å². The van der Waals surface area contributed by atoms with Crippen molar-refractivity contribution in [2.24, 2.45) is 0 Å². The highest BCUT2D eigenvalue weighted by Crippen LogP contribution is 2.21. The maximum Gasteiger partial charge on any atom is 0.229 e. The number of hydrogen-bond donors (Lipinski definition) is 2. The molecule has 0 aliphatic carbocycles. The lowest BCUT2D eigenvalue weighted by Gasteiger charge is -2.11. The first kappa shape index (κ1) is 17.6.